The fraction of sp³-hybridized carbons (Fsp3) is 0.294. The van der Waals surface area contributed by atoms with Gasteiger partial charge < -0.3 is 10.6 Å². The average Bonchev–Trinajstić information content (AvgIpc) is 2.58. The molecule has 2 aromatic rings. The van der Waals surface area contributed by atoms with Gasteiger partial charge in [0.05, 0.1) is 14.8 Å². The first-order chi connectivity index (χ1) is 13.1. The van der Waals surface area contributed by atoms with E-state index in [1.807, 2.05) is 32.9 Å². The van der Waals surface area contributed by atoms with Crippen molar-refractivity contribution < 1.29 is 14.8 Å². The fourth-order valence-electron chi connectivity index (χ4n) is 3.06. The third-order valence-corrected chi connectivity index (χ3v) is 4.12. The lowest BCUT2D eigenvalue weighted by molar-refractivity contribution is -0.423. The van der Waals surface area contributed by atoms with Gasteiger partial charge in [-0.25, -0.2) is 0 Å². The first-order valence-electron chi connectivity index (χ1n) is 8.29. The molecule has 0 unspecified atom stereocenters. The Morgan fingerprint density at radius 3 is 1.68 bits per heavy atom. The molecule has 0 radical (unpaired) electrons. The number of benzene rings is 2. The number of aryl methyl sites for hydroxylation is 3. The van der Waals surface area contributed by atoms with Crippen molar-refractivity contribution in [2.24, 2.45) is 0 Å². The van der Waals surface area contributed by atoms with Gasteiger partial charge in [0.2, 0.25) is 0 Å². The average molecular weight is 389 g/mol. The second kappa shape index (κ2) is 8.29. The van der Waals surface area contributed by atoms with Crippen molar-refractivity contribution in [2.75, 3.05) is 23.7 Å². The Morgan fingerprint density at radius 2 is 1.21 bits per heavy atom. The summed E-state index contributed by atoms with van der Waals surface area (Å²) in [5.41, 5.74) is 1.23. The van der Waals surface area contributed by atoms with Crippen molar-refractivity contribution >= 4 is 28.4 Å². The van der Waals surface area contributed by atoms with Crippen molar-refractivity contribution in [3.8, 4) is 0 Å². The van der Waals surface area contributed by atoms with Gasteiger partial charge in [-0.05, 0) is 31.9 Å². The molecule has 0 aliphatic rings. The van der Waals surface area contributed by atoms with Crippen LogP contribution in [0.3, 0.4) is 0 Å². The molecule has 0 heterocycles. The summed E-state index contributed by atoms with van der Waals surface area (Å²) < 4.78 is 0. The van der Waals surface area contributed by atoms with Gasteiger partial charge in [0, 0.05) is 30.9 Å². The molecular formula is C17H19N5O6. The molecule has 2 rings (SSSR count). The van der Waals surface area contributed by atoms with E-state index in [4.69, 9.17) is 0 Å². The quantitative estimate of drug-likeness (QED) is 0.392. The number of nitrogens with zero attached hydrogens (tertiary/aromatic N) is 3. The van der Waals surface area contributed by atoms with Crippen LogP contribution in [0.4, 0.5) is 28.4 Å². The van der Waals surface area contributed by atoms with Crippen LogP contribution in [-0.2, 0) is 0 Å². The molecule has 2 aromatic carbocycles. The Hall–Kier alpha value is -3.76. The van der Waals surface area contributed by atoms with Crippen molar-refractivity contribution in [3.05, 3.63) is 71.3 Å². The largest absolute Gasteiger partial charge is 0.383 e. The third-order valence-electron chi connectivity index (χ3n) is 4.12. The smallest absolute Gasteiger partial charge is 0.375 e. The van der Waals surface area contributed by atoms with Crippen molar-refractivity contribution in [1.82, 2.24) is 0 Å². The van der Waals surface area contributed by atoms with E-state index >= 15 is 0 Å². The van der Waals surface area contributed by atoms with Crippen LogP contribution in [0.1, 0.15) is 16.7 Å². The van der Waals surface area contributed by atoms with Crippen molar-refractivity contribution in [1.29, 1.82) is 0 Å². The molecule has 0 fully saturated rings. The zero-order valence-corrected chi connectivity index (χ0v) is 15.5. The van der Waals surface area contributed by atoms with Crippen LogP contribution in [0, 0.1) is 51.1 Å². The molecule has 28 heavy (non-hydrogen) atoms. The minimum atomic E-state index is -0.991. The maximum Gasteiger partial charge on any atom is 0.375 e. The highest BCUT2D eigenvalue weighted by Crippen LogP contribution is 2.41. The van der Waals surface area contributed by atoms with Gasteiger partial charge in [0.15, 0.2) is 5.69 Å². The summed E-state index contributed by atoms with van der Waals surface area (Å²) in [7, 11) is 0. The standard InChI is InChI=1S/C17H19N5O6/c1-10-8-11(2)15(12(3)9-10)18-6-7-19-16-13(20(23)24)4-5-14(21(25)26)17(16)22(27)28/h4-5,8-9,18-19H,6-7H2,1-3H3. The van der Waals surface area contributed by atoms with Crippen LogP contribution in [0.2, 0.25) is 0 Å². The summed E-state index contributed by atoms with van der Waals surface area (Å²) in [5.74, 6) is 0. The third kappa shape index (κ3) is 4.31. The summed E-state index contributed by atoms with van der Waals surface area (Å²) in [6, 6.07) is 5.64. The lowest BCUT2D eigenvalue weighted by Gasteiger charge is -2.14. The number of hydrogen-bond acceptors (Lipinski definition) is 8. The van der Waals surface area contributed by atoms with Crippen LogP contribution >= 0.6 is 0 Å². The van der Waals surface area contributed by atoms with E-state index in [1.54, 1.807) is 0 Å². The Balaban J connectivity index is 2.26. The van der Waals surface area contributed by atoms with Crippen LogP contribution in [0.25, 0.3) is 0 Å². The van der Waals surface area contributed by atoms with Crippen LogP contribution < -0.4 is 10.6 Å². The minimum absolute atomic E-state index is 0.0790. The van der Waals surface area contributed by atoms with E-state index in [2.05, 4.69) is 10.6 Å². The minimum Gasteiger partial charge on any atom is -0.383 e. The van der Waals surface area contributed by atoms with Crippen LogP contribution in [0.5, 0.6) is 0 Å². The summed E-state index contributed by atoms with van der Waals surface area (Å²) in [6.45, 7) is 6.22. The number of nitro benzene ring substituents is 3. The molecule has 0 spiro atoms. The van der Waals surface area contributed by atoms with E-state index in [1.165, 1.54) is 0 Å². The van der Waals surface area contributed by atoms with Gasteiger partial charge in [-0.15, -0.1) is 0 Å². The van der Waals surface area contributed by atoms with Gasteiger partial charge in [-0.3, -0.25) is 30.3 Å². The number of anilines is 2. The van der Waals surface area contributed by atoms with E-state index in [9.17, 15) is 30.3 Å². The Morgan fingerprint density at radius 1 is 0.750 bits per heavy atom. The zero-order chi connectivity index (χ0) is 21.0. The highest BCUT2D eigenvalue weighted by molar-refractivity contribution is 5.80. The lowest BCUT2D eigenvalue weighted by atomic mass is 10.1. The van der Waals surface area contributed by atoms with E-state index < -0.39 is 37.5 Å². The molecule has 0 saturated carbocycles. The highest BCUT2D eigenvalue weighted by atomic mass is 16.6. The van der Waals surface area contributed by atoms with Crippen molar-refractivity contribution in [3.63, 3.8) is 0 Å². The second-order valence-electron chi connectivity index (χ2n) is 6.23. The number of nitro groups is 3. The van der Waals surface area contributed by atoms with Gasteiger partial charge >= 0.3 is 11.4 Å². The summed E-state index contributed by atoms with van der Waals surface area (Å²) in [6.07, 6.45) is 0. The van der Waals surface area contributed by atoms with E-state index in [0.717, 1.165) is 34.5 Å². The van der Waals surface area contributed by atoms with E-state index in [0.29, 0.717) is 6.54 Å². The van der Waals surface area contributed by atoms with Gasteiger partial charge in [-0.1, -0.05) is 17.7 Å². The summed E-state index contributed by atoms with van der Waals surface area (Å²) >= 11 is 0. The molecule has 0 amide bonds. The molecule has 0 aromatic heterocycles. The normalized spacial score (nSPS) is 10.4. The van der Waals surface area contributed by atoms with Crippen LogP contribution in [0.15, 0.2) is 24.3 Å². The molecule has 11 heteroatoms. The SMILES string of the molecule is Cc1cc(C)c(NCCNc2c([N+](=O)[O-])ccc([N+](=O)[O-])c2[N+](=O)[O-])c(C)c1. The summed E-state index contributed by atoms with van der Waals surface area (Å²) in [5, 5.41) is 39.4. The fourth-order valence-corrected chi connectivity index (χ4v) is 3.06. The zero-order valence-electron chi connectivity index (χ0n) is 15.5. The lowest BCUT2D eigenvalue weighted by Crippen LogP contribution is -2.17. The van der Waals surface area contributed by atoms with Gasteiger partial charge in [0.25, 0.3) is 5.69 Å². The Bertz CT molecular complexity index is 936. The number of rotatable bonds is 8. The highest BCUT2D eigenvalue weighted by Gasteiger charge is 2.35. The molecule has 0 aliphatic carbocycles. The Kier molecular flexibility index (Phi) is 6.08. The molecule has 0 bridgehead atoms. The summed E-state index contributed by atoms with van der Waals surface area (Å²) in [4.78, 5) is 30.8. The molecule has 0 saturated heterocycles. The topological polar surface area (TPSA) is 153 Å². The molecule has 11 nitrogen and oxygen atoms in total. The van der Waals surface area contributed by atoms with Crippen LogP contribution in [-0.4, -0.2) is 27.9 Å². The predicted octanol–water partition coefficient (Wildman–Crippen LogP) is 3.86. The second-order valence-corrected chi connectivity index (χ2v) is 6.23. The molecule has 148 valence electrons. The maximum atomic E-state index is 11.3. The first kappa shape index (κ1) is 20.6. The number of hydrogen-bond donors (Lipinski definition) is 2. The van der Waals surface area contributed by atoms with Gasteiger partial charge in [0.1, 0.15) is 0 Å². The maximum absolute atomic E-state index is 11.3. The number of nitrogens with one attached hydrogen (secondary N) is 2. The van der Waals surface area contributed by atoms with Crippen molar-refractivity contribution in [2.45, 2.75) is 20.8 Å². The van der Waals surface area contributed by atoms with Gasteiger partial charge in [-0.2, -0.15) is 0 Å². The van der Waals surface area contributed by atoms with E-state index in [-0.39, 0.29) is 6.54 Å². The predicted molar refractivity (Wildman–Crippen MR) is 104 cm³/mol. The Labute approximate surface area is 159 Å². The molecule has 0 aliphatic heterocycles. The molecule has 0 atom stereocenters. The molecule has 2 N–H and O–H groups in total. The first-order valence-corrected chi connectivity index (χ1v) is 8.29. The monoisotopic (exact) mass is 389 g/mol. The molecular weight excluding hydrogens is 370 g/mol.